The highest BCUT2D eigenvalue weighted by molar-refractivity contribution is 5.84. The Balaban J connectivity index is 2.18. The normalized spacial score (nSPS) is 12.8. The van der Waals surface area contributed by atoms with E-state index in [-0.39, 0.29) is 18.2 Å². The van der Waals surface area contributed by atoms with Gasteiger partial charge in [0, 0.05) is 12.4 Å². The van der Waals surface area contributed by atoms with Crippen molar-refractivity contribution in [3.63, 3.8) is 0 Å². The number of carboxylic acid groups (broad SMARTS) is 1. The van der Waals surface area contributed by atoms with Crippen molar-refractivity contribution in [1.29, 1.82) is 0 Å². The lowest BCUT2D eigenvalue weighted by Gasteiger charge is -2.23. The van der Waals surface area contributed by atoms with Gasteiger partial charge in [0.25, 0.3) is 0 Å². The van der Waals surface area contributed by atoms with Crippen LogP contribution in [0, 0.1) is 0 Å². The summed E-state index contributed by atoms with van der Waals surface area (Å²) in [6.45, 7) is 4.37. The average molecular weight is 354 g/mol. The molecule has 2 atom stereocenters. The fourth-order valence-electron chi connectivity index (χ4n) is 2.91. The zero-order valence-electron chi connectivity index (χ0n) is 15.1. The van der Waals surface area contributed by atoms with Crippen LogP contribution in [0.25, 0.3) is 0 Å². The van der Waals surface area contributed by atoms with E-state index >= 15 is 0 Å². The third-order valence-electron chi connectivity index (χ3n) is 4.21. The van der Waals surface area contributed by atoms with Gasteiger partial charge in [-0.1, -0.05) is 49.4 Å². The Bertz CT molecular complexity index is 713. The first-order chi connectivity index (χ1) is 12.5. The van der Waals surface area contributed by atoms with Crippen LogP contribution in [0.4, 0.5) is 0 Å². The summed E-state index contributed by atoms with van der Waals surface area (Å²) in [7, 11) is 0. The number of nitrogens with one attached hydrogen (secondary N) is 1. The lowest BCUT2D eigenvalue weighted by molar-refractivity contribution is -0.306. The van der Waals surface area contributed by atoms with Crippen LogP contribution in [0.1, 0.15) is 49.8 Å². The zero-order valence-corrected chi connectivity index (χ0v) is 15.1. The van der Waals surface area contributed by atoms with Gasteiger partial charge in [-0.15, -0.1) is 0 Å². The van der Waals surface area contributed by atoms with Crippen LogP contribution in [-0.4, -0.2) is 18.5 Å². The molecule has 0 unspecified atom stereocenters. The molecular formula is C21H24NO4-. The van der Waals surface area contributed by atoms with E-state index in [0.29, 0.717) is 24.3 Å². The van der Waals surface area contributed by atoms with E-state index in [1.165, 1.54) is 0 Å². The summed E-state index contributed by atoms with van der Waals surface area (Å²) in [5.74, 6) is -1.04. The maximum Gasteiger partial charge on any atom is 0.228 e. The molecule has 0 spiro atoms. The van der Waals surface area contributed by atoms with Crippen molar-refractivity contribution >= 4 is 11.9 Å². The van der Waals surface area contributed by atoms with Crippen LogP contribution >= 0.6 is 0 Å². The molecular weight excluding hydrogens is 330 g/mol. The predicted molar refractivity (Wildman–Crippen MR) is 97.6 cm³/mol. The summed E-state index contributed by atoms with van der Waals surface area (Å²) in [6, 6.07) is 15.9. The Labute approximate surface area is 154 Å². The molecule has 5 heteroatoms. The number of amides is 1. The van der Waals surface area contributed by atoms with Crippen molar-refractivity contribution in [3.8, 4) is 5.75 Å². The first-order valence-electron chi connectivity index (χ1n) is 8.83. The van der Waals surface area contributed by atoms with Gasteiger partial charge in [-0.25, -0.2) is 0 Å². The summed E-state index contributed by atoms with van der Waals surface area (Å²) >= 11 is 0. The second-order valence-corrected chi connectivity index (χ2v) is 6.01. The van der Waals surface area contributed by atoms with Crippen molar-refractivity contribution < 1.29 is 19.4 Å². The lowest BCUT2D eigenvalue weighted by atomic mass is 9.94. The van der Waals surface area contributed by atoms with E-state index in [9.17, 15) is 14.7 Å². The molecule has 138 valence electrons. The van der Waals surface area contributed by atoms with Crippen molar-refractivity contribution in [2.45, 2.75) is 38.6 Å². The number of carbonyl (C=O) groups excluding carboxylic acids is 2. The minimum absolute atomic E-state index is 0.196. The van der Waals surface area contributed by atoms with Gasteiger partial charge in [0.05, 0.1) is 18.6 Å². The molecule has 0 aromatic heterocycles. The molecule has 5 nitrogen and oxygen atoms in total. The number of hydrogen-bond donors (Lipinski definition) is 1. The quantitative estimate of drug-likeness (QED) is 0.751. The molecule has 0 aliphatic rings. The van der Waals surface area contributed by atoms with Crippen LogP contribution in [0.2, 0.25) is 0 Å². The number of ether oxygens (including phenoxy) is 1. The van der Waals surface area contributed by atoms with Crippen molar-refractivity contribution in [1.82, 2.24) is 5.32 Å². The predicted octanol–water partition coefficient (Wildman–Crippen LogP) is 2.58. The smallest absolute Gasteiger partial charge is 0.228 e. The maximum atomic E-state index is 12.8. The summed E-state index contributed by atoms with van der Waals surface area (Å²) in [5.41, 5.74) is 1.61. The summed E-state index contributed by atoms with van der Waals surface area (Å²) < 4.78 is 5.40. The number of rotatable bonds is 9. The van der Waals surface area contributed by atoms with Gasteiger partial charge in [-0.3, -0.25) is 4.79 Å². The largest absolute Gasteiger partial charge is 0.550 e. The van der Waals surface area contributed by atoms with Gasteiger partial charge in [-0.05, 0) is 36.6 Å². The van der Waals surface area contributed by atoms with Crippen LogP contribution in [0.3, 0.4) is 0 Å². The van der Waals surface area contributed by atoms with Crippen molar-refractivity contribution in [3.05, 3.63) is 65.7 Å². The van der Waals surface area contributed by atoms with Crippen molar-refractivity contribution in [2.24, 2.45) is 0 Å². The minimum Gasteiger partial charge on any atom is -0.550 e. The second kappa shape index (κ2) is 9.61. The van der Waals surface area contributed by atoms with Gasteiger partial charge in [0.1, 0.15) is 5.75 Å². The molecule has 0 radical (unpaired) electrons. The molecule has 2 aromatic rings. The summed E-state index contributed by atoms with van der Waals surface area (Å²) in [5, 5.41) is 14.0. The Hall–Kier alpha value is -2.82. The Morgan fingerprint density at radius 3 is 2.19 bits per heavy atom. The maximum absolute atomic E-state index is 12.8. The highest BCUT2D eigenvalue weighted by Crippen LogP contribution is 2.24. The monoisotopic (exact) mass is 354 g/mol. The van der Waals surface area contributed by atoms with Gasteiger partial charge in [0.15, 0.2) is 0 Å². The molecule has 26 heavy (non-hydrogen) atoms. The number of aliphatic carboxylic acids is 1. The summed E-state index contributed by atoms with van der Waals surface area (Å²) in [4.78, 5) is 23.9. The number of carboxylic acids is 1. The Kier molecular flexibility index (Phi) is 7.21. The van der Waals surface area contributed by atoms with Gasteiger partial charge >= 0.3 is 0 Å². The average Bonchev–Trinajstić information content (AvgIpc) is 2.63. The molecule has 2 aromatic carbocycles. The van der Waals surface area contributed by atoms with E-state index in [4.69, 9.17) is 4.74 Å². The third-order valence-corrected chi connectivity index (χ3v) is 4.21. The fraction of sp³-hybridized carbons (Fsp3) is 0.333. The molecule has 0 heterocycles. The third kappa shape index (κ3) is 5.34. The van der Waals surface area contributed by atoms with Crippen LogP contribution < -0.4 is 15.2 Å². The van der Waals surface area contributed by atoms with Gasteiger partial charge in [-0.2, -0.15) is 0 Å². The lowest BCUT2D eigenvalue weighted by Crippen LogP contribution is -2.36. The van der Waals surface area contributed by atoms with Crippen LogP contribution in [0.5, 0.6) is 5.75 Å². The SMILES string of the molecule is CCOc1ccc([C@@H](CC(=O)[O-])NC(=O)[C@@H](CC)c2ccccc2)cc1. The van der Waals surface area contributed by atoms with E-state index in [1.807, 2.05) is 44.2 Å². The molecule has 0 bridgehead atoms. The highest BCUT2D eigenvalue weighted by atomic mass is 16.5. The Morgan fingerprint density at radius 2 is 1.65 bits per heavy atom. The first kappa shape index (κ1) is 19.5. The van der Waals surface area contributed by atoms with E-state index in [2.05, 4.69) is 5.32 Å². The number of carbonyl (C=O) groups is 2. The van der Waals surface area contributed by atoms with E-state index in [0.717, 1.165) is 5.56 Å². The van der Waals surface area contributed by atoms with Crippen LogP contribution in [0.15, 0.2) is 54.6 Å². The fourth-order valence-corrected chi connectivity index (χ4v) is 2.91. The molecule has 0 saturated carbocycles. The van der Waals surface area contributed by atoms with Gasteiger partial charge in [0.2, 0.25) is 5.91 Å². The number of hydrogen-bond acceptors (Lipinski definition) is 4. The first-order valence-corrected chi connectivity index (χ1v) is 8.83. The zero-order chi connectivity index (χ0) is 18.9. The molecule has 0 saturated heterocycles. The van der Waals surface area contributed by atoms with Crippen LogP contribution in [-0.2, 0) is 9.59 Å². The number of benzene rings is 2. The molecule has 0 fully saturated rings. The van der Waals surface area contributed by atoms with Crippen molar-refractivity contribution in [2.75, 3.05) is 6.61 Å². The standard InChI is InChI=1S/C21H25NO4/c1-3-18(15-8-6-5-7-9-15)21(25)22-19(14-20(23)24)16-10-12-17(13-11-16)26-4-2/h5-13,18-19H,3-4,14H2,1-2H3,(H,22,25)(H,23,24)/p-1/t18-,19+/m0/s1. The molecule has 1 amide bonds. The minimum atomic E-state index is -1.21. The van der Waals surface area contributed by atoms with E-state index in [1.54, 1.807) is 24.3 Å². The van der Waals surface area contributed by atoms with E-state index < -0.39 is 12.0 Å². The highest BCUT2D eigenvalue weighted by Gasteiger charge is 2.22. The second-order valence-electron chi connectivity index (χ2n) is 6.01. The topological polar surface area (TPSA) is 78.5 Å². The molecule has 0 aliphatic carbocycles. The molecule has 0 aliphatic heterocycles. The van der Waals surface area contributed by atoms with Gasteiger partial charge < -0.3 is 20.0 Å². The Morgan fingerprint density at radius 1 is 1.00 bits per heavy atom. The molecule has 1 N–H and O–H groups in total. The summed E-state index contributed by atoms with van der Waals surface area (Å²) in [6.07, 6.45) is 0.335. The molecule has 2 rings (SSSR count).